The molecule has 7 fully saturated rings. The molecule has 26 rings (SSSR count). The summed E-state index contributed by atoms with van der Waals surface area (Å²) in [5, 5.41) is 21.0. The fraction of sp³-hybridized carbons (Fsp3) is 0.336. The zero-order valence-corrected chi connectivity index (χ0v) is 80.6. The van der Waals surface area contributed by atoms with E-state index in [2.05, 4.69) is 143 Å². The van der Waals surface area contributed by atoms with E-state index in [1.54, 1.807) is 50.2 Å². The monoisotopic (exact) mass is 1930 g/mol. The molecule has 37 heteroatoms. The van der Waals surface area contributed by atoms with E-state index in [1.165, 1.54) is 18.4 Å². The number of nitrogens with one attached hydrogen (secondary N) is 2. The molecule has 7 aliphatic rings. The van der Waals surface area contributed by atoms with E-state index in [1.807, 2.05) is 125 Å². The van der Waals surface area contributed by atoms with Crippen LogP contribution in [0, 0.1) is 11.8 Å². The first kappa shape index (κ1) is 93.3. The van der Waals surface area contributed by atoms with Gasteiger partial charge >= 0.3 is 0 Å². The van der Waals surface area contributed by atoms with Crippen molar-refractivity contribution in [1.82, 2.24) is 113 Å². The lowest BCUT2D eigenvalue weighted by atomic mass is 10.0. The van der Waals surface area contributed by atoms with E-state index >= 15 is 0 Å². The molecule has 7 aromatic carbocycles. The Morgan fingerprint density at radius 2 is 0.833 bits per heavy atom. The highest BCUT2D eigenvalue weighted by atomic mass is 16.5. The van der Waals surface area contributed by atoms with Gasteiger partial charge in [0.1, 0.15) is 85.9 Å². The molecule has 734 valence electrons. The number of carbonyl (C=O) groups is 1. The molecule has 1 saturated carbocycles. The van der Waals surface area contributed by atoms with Gasteiger partial charge in [0, 0.05) is 142 Å². The number of morpholine rings is 5. The van der Waals surface area contributed by atoms with Crippen molar-refractivity contribution in [3.63, 3.8) is 0 Å². The normalized spacial score (nSPS) is 16.3. The maximum atomic E-state index is 11.6. The fourth-order valence-corrected chi connectivity index (χ4v) is 18.9. The van der Waals surface area contributed by atoms with E-state index in [4.69, 9.17) is 88.2 Å². The molecular formula is C107H112N28O9. The number of imidazole rings is 6. The summed E-state index contributed by atoms with van der Waals surface area (Å²) in [6.07, 6.45) is 19.0. The number of rotatable bonds is 20. The largest absolute Gasteiger partial charge is 0.508 e. The van der Waals surface area contributed by atoms with Crippen LogP contribution in [0.1, 0.15) is 70.2 Å². The van der Waals surface area contributed by atoms with Crippen LogP contribution in [0.4, 0.5) is 29.7 Å². The maximum absolute atomic E-state index is 11.6. The highest BCUT2D eigenvalue weighted by Crippen LogP contribution is 2.40. The number of ketones is 1. The van der Waals surface area contributed by atoms with Crippen LogP contribution in [0.3, 0.4) is 0 Å². The number of aromatic hydroxyl groups is 2. The summed E-state index contributed by atoms with van der Waals surface area (Å²) in [6.45, 7) is 23.7. The minimum atomic E-state index is -0.0526. The van der Waals surface area contributed by atoms with Crippen LogP contribution < -0.4 is 24.5 Å². The van der Waals surface area contributed by atoms with E-state index in [-0.39, 0.29) is 23.5 Å². The van der Waals surface area contributed by atoms with Crippen molar-refractivity contribution in [2.45, 2.75) is 85.2 Å². The Kier molecular flexibility index (Phi) is 27.6. The molecular weight excluding hydrogens is 1820 g/mol. The molecule has 19 aromatic rings. The molecule has 6 aliphatic heterocycles. The standard InChI is InChI=1S/C24H22N6O.C24H23N5O2.C20H21N7O.C20H23N5O3.C19H23N5O2/c1-2-4-17(5-3-1)15-30-16-26-22-21(19-6-7-20-18(14-19)8-9-25-20)27-24(28-23(22)30)29-10-12-31-13-11-29;1-17(30)14-18-6-5-7-19(15-18)21-22-23(27-24(26-21)28-10-12-31-13-11-28)29(16-25-22)20-8-3-2-4-9-20;1-2-13(1)10-27-12-23-18-17(14-3-4-15-16(9-14)22-11-21-15)24-20(25-19(18)27)26-5-7-28-8-6-26;26-15-5-3-4-14(12-15)17-18-19(23-20(22-17)24-7-10-27-11-8-24)25(13-21-18)16-6-1-2-9-28-16;1-13(2)11-24-12-20-17-16(14-4-3-5-15(25)10-14)21-19(22-18(17)24)23-6-8-26-9-7-23/h1-9,14,16,25H,10-13,15H2;2-9,15-16H,10-14H2,1H3;3-4,9,11-13H,1-2,5-8,10H2,(H,21,22);3-5,12-13,16,26H,1-2,6-11H2;3-5,10,12-13,25H,6-9,11H2,1-2H3. The average Bonchev–Trinajstić information content (AvgIpc) is 1.61. The Labute approximate surface area is 829 Å². The van der Waals surface area contributed by atoms with Gasteiger partial charge in [0.05, 0.1) is 115 Å². The van der Waals surface area contributed by atoms with Crippen LogP contribution in [0.15, 0.2) is 220 Å². The van der Waals surface area contributed by atoms with Crippen molar-refractivity contribution in [1.29, 1.82) is 0 Å². The van der Waals surface area contributed by atoms with Crippen LogP contribution in [0.5, 0.6) is 11.5 Å². The number of para-hydroxylation sites is 1. The smallest absolute Gasteiger partial charge is 0.228 e. The SMILES string of the molecule is CC(=O)Cc1cccc(-c2nc(N3CCOCC3)nc3c2ncn3-c2ccccc2)c1.CC(C)Cn1cnc2c(-c3cccc(O)c3)nc(N3CCOCC3)nc21.Oc1cccc(-c2nc(N3CCOCC3)nc3c2ncn3C2CCCCO2)c1.c1ccc(Cn2cnc3c(-c4ccc5[nH]ccc5c4)nc(N4CCOCC4)nc32)cc1.c1nc2ccc(-c3nc(N4CCOCC4)nc4c3ncn4CC3CC3)cc2[nH]1. The van der Waals surface area contributed by atoms with Crippen molar-refractivity contribution < 1.29 is 43.4 Å². The minimum Gasteiger partial charge on any atom is -0.508 e. The van der Waals surface area contributed by atoms with E-state index in [9.17, 15) is 15.0 Å². The summed E-state index contributed by atoms with van der Waals surface area (Å²) in [5.41, 5.74) is 22.9. The Balaban J connectivity index is 0.000000103. The van der Waals surface area contributed by atoms with Gasteiger partial charge in [0.15, 0.2) is 28.2 Å². The summed E-state index contributed by atoms with van der Waals surface area (Å²) < 4.78 is 43.8. The maximum Gasteiger partial charge on any atom is 0.228 e. The summed E-state index contributed by atoms with van der Waals surface area (Å²) >= 11 is 0. The highest BCUT2D eigenvalue weighted by molar-refractivity contribution is 5.96. The third-order valence-electron chi connectivity index (χ3n) is 26.4. The van der Waals surface area contributed by atoms with Gasteiger partial charge in [-0.25, -0.2) is 54.8 Å². The number of carbonyl (C=O) groups excluding carboxylic acids is 1. The molecule has 1 atom stereocenters. The lowest BCUT2D eigenvalue weighted by molar-refractivity contribution is -0.116. The first-order valence-electron chi connectivity index (χ1n) is 49.5. The van der Waals surface area contributed by atoms with Crippen LogP contribution in [-0.2, 0) is 59.3 Å². The van der Waals surface area contributed by atoms with Crippen molar-refractivity contribution in [2.24, 2.45) is 11.8 Å². The zero-order chi connectivity index (χ0) is 97.4. The number of aromatic nitrogens is 23. The van der Waals surface area contributed by atoms with Crippen molar-refractivity contribution in [3.8, 4) is 73.5 Å². The molecule has 1 unspecified atom stereocenters. The minimum absolute atomic E-state index is 0.0526. The summed E-state index contributed by atoms with van der Waals surface area (Å²) in [5.74, 6) is 5.28. The third-order valence-corrected chi connectivity index (χ3v) is 26.4. The Bertz CT molecular complexity index is 7710. The number of Topliss-reactive ketones (excluding diaryl/α,β-unsaturated/α-hetero) is 1. The Morgan fingerprint density at radius 1 is 0.389 bits per heavy atom. The summed E-state index contributed by atoms with van der Waals surface area (Å²) in [7, 11) is 0. The first-order chi connectivity index (χ1) is 70.8. The zero-order valence-electron chi connectivity index (χ0n) is 80.6. The number of phenolic OH excluding ortho intramolecular Hbond substituents is 2. The molecule has 0 bridgehead atoms. The van der Waals surface area contributed by atoms with Gasteiger partial charge in [-0.1, -0.05) is 117 Å². The van der Waals surface area contributed by atoms with Gasteiger partial charge in [-0.15, -0.1) is 0 Å². The Morgan fingerprint density at radius 3 is 1.35 bits per heavy atom. The molecule has 0 amide bonds. The number of aromatic amines is 2. The number of ether oxygens (including phenoxy) is 6. The van der Waals surface area contributed by atoms with Gasteiger partial charge in [-0.3, -0.25) is 13.9 Å². The Hall–Kier alpha value is -15.7. The van der Waals surface area contributed by atoms with Gasteiger partial charge in [-0.2, -0.15) is 24.9 Å². The average molecular weight is 1930 g/mol. The van der Waals surface area contributed by atoms with Crippen LogP contribution in [0.2, 0.25) is 0 Å². The van der Waals surface area contributed by atoms with Gasteiger partial charge in [0.25, 0.3) is 0 Å². The number of hydrogen-bond acceptors (Lipinski definition) is 30. The first-order valence-corrected chi connectivity index (χ1v) is 49.5. The third kappa shape index (κ3) is 20.9. The summed E-state index contributed by atoms with van der Waals surface area (Å²) in [6, 6.07) is 57.2. The van der Waals surface area contributed by atoms with Gasteiger partial charge in [0.2, 0.25) is 29.7 Å². The van der Waals surface area contributed by atoms with E-state index in [0.29, 0.717) is 103 Å². The number of benzene rings is 7. The molecule has 12 aromatic heterocycles. The molecule has 18 heterocycles. The summed E-state index contributed by atoms with van der Waals surface area (Å²) in [4.78, 5) is 105. The lowest BCUT2D eigenvalue weighted by Gasteiger charge is -2.28. The van der Waals surface area contributed by atoms with Crippen LogP contribution >= 0.6 is 0 Å². The van der Waals surface area contributed by atoms with Gasteiger partial charge in [-0.05, 0) is 135 Å². The van der Waals surface area contributed by atoms with Crippen molar-refractivity contribution in [3.05, 3.63) is 231 Å². The van der Waals surface area contributed by atoms with Gasteiger partial charge < -0.3 is 86.8 Å². The fourth-order valence-electron chi connectivity index (χ4n) is 18.9. The molecule has 1 aliphatic carbocycles. The van der Waals surface area contributed by atoms with Crippen LogP contribution in [0.25, 0.3) is 140 Å². The number of phenols is 2. The van der Waals surface area contributed by atoms with Crippen molar-refractivity contribution >= 4 is 113 Å². The highest BCUT2D eigenvalue weighted by Gasteiger charge is 2.31. The number of fused-ring (bicyclic) bond motifs is 7. The predicted octanol–water partition coefficient (Wildman–Crippen LogP) is 15.4. The number of hydrogen-bond donors (Lipinski definition) is 4. The molecule has 0 radical (unpaired) electrons. The molecule has 6 saturated heterocycles. The quantitative estimate of drug-likeness (QED) is 0.0550. The molecule has 37 nitrogen and oxygen atoms in total. The molecule has 0 spiro atoms. The second kappa shape index (κ2) is 42.6. The molecule has 4 N–H and O–H groups in total. The van der Waals surface area contributed by atoms with E-state index < -0.39 is 0 Å². The van der Waals surface area contributed by atoms with E-state index in [0.717, 1.165) is 268 Å². The molecule has 144 heavy (non-hydrogen) atoms. The second-order valence-corrected chi connectivity index (χ2v) is 37.2. The lowest BCUT2D eigenvalue weighted by Crippen LogP contribution is -2.37. The van der Waals surface area contributed by atoms with Crippen molar-refractivity contribution in [2.75, 3.05) is 163 Å². The topological polar surface area (TPSA) is 392 Å². The number of H-pyrrole nitrogens is 2. The number of anilines is 5. The predicted molar refractivity (Wildman–Crippen MR) is 551 cm³/mol. The van der Waals surface area contributed by atoms with Crippen LogP contribution in [-0.4, -0.2) is 267 Å². The second-order valence-electron chi connectivity index (χ2n) is 37.2. The number of nitrogens with zero attached hydrogens (tertiary/aromatic N) is 26.